The van der Waals surface area contributed by atoms with Crippen LogP contribution in [0.1, 0.15) is 24.8 Å². The molecular formula is C15H22F2N2. The zero-order valence-electron chi connectivity index (χ0n) is 11.5. The first-order valence-corrected chi connectivity index (χ1v) is 6.98. The lowest BCUT2D eigenvalue weighted by Crippen LogP contribution is -2.32. The minimum Gasteiger partial charge on any atom is -0.316 e. The molecule has 2 rings (SSSR count). The van der Waals surface area contributed by atoms with Gasteiger partial charge in [0.2, 0.25) is 0 Å². The van der Waals surface area contributed by atoms with Crippen molar-refractivity contribution in [1.29, 1.82) is 0 Å². The van der Waals surface area contributed by atoms with Gasteiger partial charge in [-0.2, -0.15) is 0 Å². The smallest absolute Gasteiger partial charge is 0.130 e. The lowest BCUT2D eigenvalue weighted by molar-refractivity contribution is 0.265. The van der Waals surface area contributed by atoms with E-state index in [4.69, 9.17) is 0 Å². The third-order valence-corrected chi connectivity index (χ3v) is 3.77. The van der Waals surface area contributed by atoms with E-state index in [1.807, 2.05) is 7.05 Å². The maximum Gasteiger partial charge on any atom is 0.130 e. The van der Waals surface area contributed by atoms with Gasteiger partial charge in [0.15, 0.2) is 0 Å². The van der Waals surface area contributed by atoms with Crippen molar-refractivity contribution in [3.8, 4) is 0 Å². The average molecular weight is 268 g/mol. The van der Waals surface area contributed by atoms with Gasteiger partial charge in [0, 0.05) is 18.2 Å². The monoisotopic (exact) mass is 268 g/mol. The molecule has 0 aromatic heterocycles. The summed E-state index contributed by atoms with van der Waals surface area (Å²) >= 11 is 0. The molecular weight excluding hydrogens is 246 g/mol. The van der Waals surface area contributed by atoms with Crippen molar-refractivity contribution in [2.24, 2.45) is 5.92 Å². The fraction of sp³-hybridized carbons (Fsp3) is 0.600. The first-order chi connectivity index (χ1) is 9.15. The summed E-state index contributed by atoms with van der Waals surface area (Å²) in [4.78, 5) is 2.10. The van der Waals surface area contributed by atoms with Crippen LogP contribution in [0.15, 0.2) is 18.2 Å². The Morgan fingerprint density at radius 3 is 2.89 bits per heavy atom. The minimum atomic E-state index is -0.516. The molecule has 2 nitrogen and oxygen atoms in total. The van der Waals surface area contributed by atoms with Crippen molar-refractivity contribution in [3.05, 3.63) is 35.4 Å². The van der Waals surface area contributed by atoms with E-state index >= 15 is 0 Å². The van der Waals surface area contributed by atoms with Crippen LogP contribution in [0.3, 0.4) is 0 Å². The minimum absolute atomic E-state index is 0.453. The summed E-state index contributed by atoms with van der Waals surface area (Å²) in [6, 6.07) is 3.80. The number of nitrogens with zero attached hydrogens (tertiary/aromatic N) is 1. The molecule has 0 radical (unpaired) electrons. The SMILES string of the molecule is CN(CCC1CCCNC1)Cc1ccc(F)cc1F. The van der Waals surface area contributed by atoms with Crippen molar-refractivity contribution in [1.82, 2.24) is 10.2 Å². The van der Waals surface area contributed by atoms with Gasteiger partial charge < -0.3 is 10.2 Å². The molecule has 0 saturated carbocycles. The number of piperidine rings is 1. The molecule has 1 heterocycles. The first-order valence-electron chi connectivity index (χ1n) is 6.98. The van der Waals surface area contributed by atoms with E-state index in [0.29, 0.717) is 12.1 Å². The zero-order chi connectivity index (χ0) is 13.7. The quantitative estimate of drug-likeness (QED) is 0.883. The van der Waals surface area contributed by atoms with Gasteiger partial charge in [-0.1, -0.05) is 6.07 Å². The fourth-order valence-corrected chi connectivity index (χ4v) is 2.59. The lowest BCUT2D eigenvalue weighted by Gasteiger charge is -2.25. The standard InChI is InChI=1S/C15H22F2N2/c1-19(8-6-12-3-2-7-18-10-12)11-13-4-5-14(16)9-15(13)17/h4-5,9,12,18H,2-3,6-8,10-11H2,1H3. The highest BCUT2D eigenvalue weighted by molar-refractivity contribution is 5.18. The number of rotatable bonds is 5. The van der Waals surface area contributed by atoms with Crippen LogP contribution in [0, 0.1) is 17.6 Å². The first kappa shape index (κ1) is 14.4. The highest BCUT2D eigenvalue weighted by Gasteiger charge is 2.14. The van der Waals surface area contributed by atoms with E-state index in [0.717, 1.165) is 38.0 Å². The Morgan fingerprint density at radius 1 is 1.37 bits per heavy atom. The third kappa shape index (κ3) is 4.55. The normalized spacial score (nSPS) is 19.9. The van der Waals surface area contributed by atoms with Crippen LogP contribution in [-0.2, 0) is 6.54 Å². The molecule has 0 amide bonds. The second-order valence-corrected chi connectivity index (χ2v) is 5.47. The van der Waals surface area contributed by atoms with E-state index in [1.165, 1.54) is 25.0 Å². The highest BCUT2D eigenvalue weighted by atomic mass is 19.1. The topological polar surface area (TPSA) is 15.3 Å². The largest absolute Gasteiger partial charge is 0.316 e. The molecule has 1 aliphatic rings. The van der Waals surface area contributed by atoms with Crippen molar-refractivity contribution < 1.29 is 8.78 Å². The van der Waals surface area contributed by atoms with E-state index in [1.54, 1.807) is 0 Å². The zero-order valence-corrected chi connectivity index (χ0v) is 11.5. The molecule has 106 valence electrons. The second-order valence-electron chi connectivity index (χ2n) is 5.47. The number of benzene rings is 1. The van der Waals surface area contributed by atoms with Gasteiger partial charge in [-0.05, 0) is 57.9 Å². The maximum absolute atomic E-state index is 13.5. The van der Waals surface area contributed by atoms with Crippen molar-refractivity contribution >= 4 is 0 Å². The lowest BCUT2D eigenvalue weighted by atomic mass is 9.96. The van der Waals surface area contributed by atoms with Crippen LogP contribution in [-0.4, -0.2) is 31.6 Å². The maximum atomic E-state index is 13.5. The molecule has 0 aliphatic carbocycles. The van der Waals surface area contributed by atoms with Crippen LogP contribution < -0.4 is 5.32 Å². The summed E-state index contributed by atoms with van der Waals surface area (Å²) in [5, 5.41) is 3.40. The van der Waals surface area contributed by atoms with Gasteiger partial charge in [-0.15, -0.1) is 0 Å². The van der Waals surface area contributed by atoms with E-state index in [9.17, 15) is 8.78 Å². The van der Waals surface area contributed by atoms with Crippen LogP contribution >= 0.6 is 0 Å². The van der Waals surface area contributed by atoms with Gasteiger partial charge >= 0.3 is 0 Å². The van der Waals surface area contributed by atoms with E-state index in [-0.39, 0.29) is 0 Å². The summed E-state index contributed by atoms with van der Waals surface area (Å²) in [6.07, 6.45) is 3.67. The molecule has 1 N–H and O–H groups in total. The van der Waals surface area contributed by atoms with E-state index < -0.39 is 11.6 Å². The molecule has 0 bridgehead atoms. The van der Waals surface area contributed by atoms with Gasteiger partial charge in [0.25, 0.3) is 0 Å². The van der Waals surface area contributed by atoms with Crippen molar-refractivity contribution in [2.75, 3.05) is 26.7 Å². The number of hydrogen-bond donors (Lipinski definition) is 1. The molecule has 1 aromatic carbocycles. The summed E-state index contributed by atoms with van der Waals surface area (Å²) in [5.41, 5.74) is 0.561. The molecule has 1 aromatic rings. The van der Waals surface area contributed by atoms with Gasteiger partial charge in [0.1, 0.15) is 11.6 Å². The fourth-order valence-electron chi connectivity index (χ4n) is 2.59. The number of nitrogens with one attached hydrogen (secondary N) is 1. The molecule has 1 fully saturated rings. The number of hydrogen-bond acceptors (Lipinski definition) is 2. The molecule has 1 unspecified atom stereocenters. The summed E-state index contributed by atoms with van der Waals surface area (Å²) in [6.45, 7) is 3.71. The summed E-state index contributed by atoms with van der Waals surface area (Å²) in [7, 11) is 1.99. The van der Waals surface area contributed by atoms with Gasteiger partial charge in [-0.3, -0.25) is 0 Å². The molecule has 4 heteroatoms. The Bertz CT molecular complexity index is 403. The molecule has 1 aliphatic heterocycles. The predicted molar refractivity (Wildman–Crippen MR) is 72.9 cm³/mol. The van der Waals surface area contributed by atoms with Gasteiger partial charge in [0.05, 0.1) is 0 Å². The molecule has 1 atom stereocenters. The Kier molecular flexibility index (Phi) is 5.28. The molecule has 1 saturated heterocycles. The van der Waals surface area contributed by atoms with Crippen LogP contribution in [0.5, 0.6) is 0 Å². The van der Waals surface area contributed by atoms with Crippen LogP contribution in [0.4, 0.5) is 8.78 Å². The Balaban J connectivity index is 1.78. The Morgan fingerprint density at radius 2 is 2.21 bits per heavy atom. The van der Waals surface area contributed by atoms with Crippen LogP contribution in [0.2, 0.25) is 0 Å². The van der Waals surface area contributed by atoms with Crippen molar-refractivity contribution in [3.63, 3.8) is 0 Å². The van der Waals surface area contributed by atoms with Crippen molar-refractivity contribution in [2.45, 2.75) is 25.8 Å². The summed E-state index contributed by atoms with van der Waals surface area (Å²) < 4.78 is 26.3. The van der Waals surface area contributed by atoms with E-state index in [2.05, 4.69) is 10.2 Å². The molecule has 19 heavy (non-hydrogen) atoms. The third-order valence-electron chi connectivity index (χ3n) is 3.77. The Labute approximate surface area is 113 Å². The summed E-state index contributed by atoms with van der Waals surface area (Å²) in [5.74, 6) is -0.238. The van der Waals surface area contributed by atoms with Gasteiger partial charge in [-0.25, -0.2) is 8.78 Å². The average Bonchev–Trinajstić information content (AvgIpc) is 2.41. The Hall–Kier alpha value is -1.00. The predicted octanol–water partition coefficient (Wildman–Crippen LogP) is 2.79. The highest BCUT2D eigenvalue weighted by Crippen LogP contribution is 2.16. The molecule has 0 spiro atoms. The number of halogens is 2. The second kappa shape index (κ2) is 6.96. The van der Waals surface area contributed by atoms with Crippen LogP contribution in [0.25, 0.3) is 0 Å².